The van der Waals surface area contributed by atoms with E-state index in [2.05, 4.69) is 0 Å². The number of carbonyl (C=O) groups excluding carboxylic acids is 1. The highest BCUT2D eigenvalue weighted by atomic mass is 35.5. The lowest BCUT2D eigenvalue weighted by Crippen LogP contribution is -2.43. The number of hydrogen-bond donors (Lipinski definition) is 0. The molecule has 0 aliphatic carbocycles. The van der Waals surface area contributed by atoms with Gasteiger partial charge in [0.2, 0.25) is 0 Å². The number of amides is 1. The minimum absolute atomic E-state index is 0.00886. The fourth-order valence-corrected chi connectivity index (χ4v) is 2.31. The largest absolute Gasteiger partial charge is 0.406 e. The van der Waals surface area contributed by atoms with E-state index in [4.69, 9.17) is 23.2 Å². The van der Waals surface area contributed by atoms with E-state index in [0.29, 0.717) is 5.02 Å². The normalized spacial score (nSPS) is 12.4. The summed E-state index contributed by atoms with van der Waals surface area (Å²) >= 11 is 11.6. The maximum absolute atomic E-state index is 12.7. The van der Waals surface area contributed by atoms with Gasteiger partial charge in [0.05, 0.1) is 10.6 Å². The highest BCUT2D eigenvalue weighted by molar-refractivity contribution is 6.36. The summed E-state index contributed by atoms with van der Waals surface area (Å²) in [6.45, 7) is 3.92. The molecule has 0 atom stereocenters. The third kappa shape index (κ3) is 6.14. The number of benzene rings is 1. The first-order valence-electron chi connectivity index (χ1n) is 6.20. The van der Waals surface area contributed by atoms with E-state index in [1.165, 1.54) is 18.2 Å². The third-order valence-corrected chi connectivity index (χ3v) is 3.03. The molecule has 0 unspecified atom stereocenters. The number of hydrogen-bond acceptors (Lipinski definition) is 1. The van der Waals surface area contributed by atoms with Gasteiger partial charge in [0.25, 0.3) is 5.91 Å². The Balaban J connectivity index is 3.09. The van der Waals surface area contributed by atoms with Crippen molar-refractivity contribution in [3.8, 4) is 0 Å². The molecule has 1 amide bonds. The molecule has 21 heavy (non-hydrogen) atoms. The summed E-state index contributed by atoms with van der Waals surface area (Å²) in [5, 5.41) is 0.350. The van der Waals surface area contributed by atoms with Gasteiger partial charge in [-0.25, -0.2) is 0 Å². The molecule has 1 rings (SSSR count). The number of rotatable bonds is 3. The molecule has 0 bridgehead atoms. The lowest BCUT2D eigenvalue weighted by molar-refractivity contribution is -0.142. The van der Waals surface area contributed by atoms with Crippen LogP contribution in [0.3, 0.4) is 0 Å². The zero-order valence-corrected chi connectivity index (χ0v) is 13.4. The summed E-state index contributed by atoms with van der Waals surface area (Å²) in [6.07, 6.45) is -4.47. The summed E-state index contributed by atoms with van der Waals surface area (Å²) in [7, 11) is 0. The van der Waals surface area contributed by atoms with Gasteiger partial charge in [0.15, 0.2) is 0 Å². The second-order valence-corrected chi connectivity index (χ2v) is 6.80. The number of alkyl halides is 3. The van der Waals surface area contributed by atoms with Crippen molar-refractivity contribution in [1.29, 1.82) is 0 Å². The van der Waals surface area contributed by atoms with Crippen LogP contribution in [0.4, 0.5) is 13.2 Å². The first kappa shape index (κ1) is 18.1. The van der Waals surface area contributed by atoms with Crippen molar-refractivity contribution in [1.82, 2.24) is 4.90 Å². The Kier molecular flexibility index (Phi) is 5.56. The molecule has 1 aromatic rings. The smallest absolute Gasteiger partial charge is 0.329 e. The third-order valence-electron chi connectivity index (χ3n) is 2.48. The van der Waals surface area contributed by atoms with E-state index < -0.39 is 24.0 Å². The maximum atomic E-state index is 12.7. The Morgan fingerprint density at radius 2 is 1.71 bits per heavy atom. The molecular weight excluding hydrogens is 326 g/mol. The van der Waals surface area contributed by atoms with E-state index in [-0.39, 0.29) is 17.1 Å². The van der Waals surface area contributed by atoms with Crippen LogP contribution in [0.1, 0.15) is 31.1 Å². The van der Waals surface area contributed by atoms with Crippen molar-refractivity contribution in [3.63, 3.8) is 0 Å². The molecule has 0 aromatic heterocycles. The van der Waals surface area contributed by atoms with Crippen molar-refractivity contribution < 1.29 is 18.0 Å². The molecule has 2 nitrogen and oxygen atoms in total. The maximum Gasteiger partial charge on any atom is 0.406 e. The van der Waals surface area contributed by atoms with Crippen LogP contribution in [-0.4, -0.2) is 30.1 Å². The molecule has 0 aliphatic heterocycles. The Morgan fingerprint density at radius 3 is 2.14 bits per heavy atom. The molecule has 0 aliphatic rings. The van der Waals surface area contributed by atoms with E-state index in [1.54, 1.807) is 20.8 Å². The van der Waals surface area contributed by atoms with Crippen LogP contribution in [0.5, 0.6) is 0 Å². The van der Waals surface area contributed by atoms with Gasteiger partial charge in [-0.15, -0.1) is 0 Å². The molecule has 118 valence electrons. The Hall–Kier alpha value is -0.940. The fraction of sp³-hybridized carbons (Fsp3) is 0.500. The molecule has 0 spiro atoms. The van der Waals surface area contributed by atoms with Crippen LogP contribution in [0.15, 0.2) is 18.2 Å². The molecule has 0 saturated heterocycles. The van der Waals surface area contributed by atoms with E-state index in [1.807, 2.05) is 0 Å². The van der Waals surface area contributed by atoms with Crippen molar-refractivity contribution in [2.75, 3.05) is 13.1 Å². The van der Waals surface area contributed by atoms with Crippen LogP contribution in [0, 0.1) is 5.41 Å². The minimum Gasteiger partial charge on any atom is -0.329 e. The minimum atomic E-state index is -4.47. The molecular formula is C14H16Cl2F3NO. The van der Waals surface area contributed by atoms with Crippen LogP contribution in [0.2, 0.25) is 10.0 Å². The van der Waals surface area contributed by atoms with E-state index in [9.17, 15) is 18.0 Å². The summed E-state index contributed by atoms with van der Waals surface area (Å²) in [6, 6.07) is 4.09. The number of halogens is 5. The van der Waals surface area contributed by atoms with Crippen molar-refractivity contribution in [3.05, 3.63) is 33.8 Å². The van der Waals surface area contributed by atoms with Gasteiger partial charge in [-0.3, -0.25) is 4.79 Å². The monoisotopic (exact) mass is 341 g/mol. The van der Waals surface area contributed by atoms with Crippen molar-refractivity contribution >= 4 is 29.1 Å². The second-order valence-electron chi connectivity index (χ2n) is 5.96. The molecule has 0 N–H and O–H groups in total. The van der Waals surface area contributed by atoms with Gasteiger partial charge >= 0.3 is 6.18 Å². The van der Waals surface area contributed by atoms with Gasteiger partial charge in [0, 0.05) is 11.6 Å². The topological polar surface area (TPSA) is 20.3 Å². The number of carbonyl (C=O) groups is 1. The van der Waals surface area contributed by atoms with Gasteiger partial charge in [0.1, 0.15) is 6.54 Å². The SMILES string of the molecule is CC(C)(C)CN(CC(F)(F)F)C(=O)c1ccc(Cl)cc1Cl. The van der Waals surface area contributed by atoms with Crippen LogP contribution >= 0.6 is 23.2 Å². The van der Waals surface area contributed by atoms with Gasteiger partial charge in [-0.05, 0) is 23.6 Å². The molecule has 0 fully saturated rings. The number of nitrogens with zero attached hydrogens (tertiary/aromatic N) is 1. The Labute approximate surface area is 131 Å². The molecule has 0 radical (unpaired) electrons. The summed E-state index contributed by atoms with van der Waals surface area (Å²) in [5.74, 6) is -0.760. The summed E-state index contributed by atoms with van der Waals surface area (Å²) in [4.78, 5) is 13.1. The Morgan fingerprint density at radius 1 is 1.14 bits per heavy atom. The average Bonchev–Trinajstić information content (AvgIpc) is 2.23. The summed E-state index contributed by atoms with van der Waals surface area (Å²) in [5.41, 5.74) is -0.464. The molecule has 0 heterocycles. The lowest BCUT2D eigenvalue weighted by atomic mass is 9.95. The van der Waals surface area contributed by atoms with Crippen LogP contribution in [-0.2, 0) is 0 Å². The zero-order valence-electron chi connectivity index (χ0n) is 11.9. The quantitative estimate of drug-likeness (QED) is 0.753. The van der Waals surface area contributed by atoms with Crippen LogP contribution in [0.25, 0.3) is 0 Å². The molecule has 1 aromatic carbocycles. The highest BCUT2D eigenvalue weighted by Crippen LogP contribution is 2.26. The summed E-state index contributed by atoms with van der Waals surface area (Å²) < 4.78 is 38.0. The van der Waals surface area contributed by atoms with Crippen LogP contribution < -0.4 is 0 Å². The predicted octanol–water partition coefficient (Wildman–Crippen LogP) is 5.04. The lowest BCUT2D eigenvalue weighted by Gasteiger charge is -2.31. The fourth-order valence-electron chi connectivity index (χ4n) is 1.82. The predicted molar refractivity (Wildman–Crippen MR) is 77.9 cm³/mol. The zero-order chi connectivity index (χ0) is 16.4. The molecule has 0 saturated carbocycles. The standard InChI is InChI=1S/C14H16Cl2F3NO/c1-13(2,3)7-20(8-14(17,18)19)12(21)10-5-4-9(15)6-11(10)16/h4-6H,7-8H2,1-3H3. The Bertz CT molecular complexity index is 508. The van der Waals surface area contributed by atoms with Crippen molar-refractivity contribution in [2.45, 2.75) is 26.9 Å². The van der Waals surface area contributed by atoms with Gasteiger partial charge in [-0.1, -0.05) is 44.0 Å². The van der Waals surface area contributed by atoms with E-state index in [0.717, 1.165) is 4.90 Å². The first-order chi connectivity index (χ1) is 9.39. The average molecular weight is 342 g/mol. The molecule has 7 heteroatoms. The highest BCUT2D eigenvalue weighted by Gasteiger charge is 2.35. The van der Waals surface area contributed by atoms with Gasteiger partial charge in [-0.2, -0.15) is 13.2 Å². The second kappa shape index (κ2) is 6.44. The van der Waals surface area contributed by atoms with Crippen molar-refractivity contribution in [2.24, 2.45) is 5.41 Å². The first-order valence-corrected chi connectivity index (χ1v) is 6.96. The van der Waals surface area contributed by atoms with Gasteiger partial charge < -0.3 is 4.90 Å². The van der Waals surface area contributed by atoms with E-state index >= 15 is 0 Å².